The Hall–Kier alpha value is -0.0800. The SMILES string of the molecule is CCOCCCC[C@H]1CCC[C@@H](C)N1. The predicted octanol–water partition coefficient (Wildman–Crippen LogP) is 2.72. The van der Waals surface area contributed by atoms with E-state index >= 15 is 0 Å². The first kappa shape index (κ1) is 12.0. The summed E-state index contributed by atoms with van der Waals surface area (Å²) in [6.45, 7) is 6.16. The van der Waals surface area contributed by atoms with Crippen molar-refractivity contribution < 1.29 is 4.74 Å². The highest BCUT2D eigenvalue weighted by molar-refractivity contribution is 4.77. The van der Waals surface area contributed by atoms with Crippen molar-refractivity contribution in [3.63, 3.8) is 0 Å². The highest BCUT2D eigenvalue weighted by Crippen LogP contribution is 2.16. The third-order valence-electron chi connectivity index (χ3n) is 3.01. The molecule has 2 heteroatoms. The molecule has 1 heterocycles. The molecule has 0 aromatic rings. The van der Waals surface area contributed by atoms with Gasteiger partial charge in [-0.05, 0) is 46.0 Å². The van der Waals surface area contributed by atoms with Gasteiger partial charge in [-0.1, -0.05) is 6.42 Å². The summed E-state index contributed by atoms with van der Waals surface area (Å²) >= 11 is 0. The van der Waals surface area contributed by atoms with Gasteiger partial charge in [0.1, 0.15) is 0 Å². The summed E-state index contributed by atoms with van der Waals surface area (Å²) in [5.74, 6) is 0. The molecule has 2 nitrogen and oxygen atoms in total. The maximum Gasteiger partial charge on any atom is 0.0465 e. The lowest BCUT2D eigenvalue weighted by atomic mass is 9.96. The lowest BCUT2D eigenvalue weighted by Gasteiger charge is -2.28. The Kier molecular flexibility index (Phi) is 6.20. The van der Waals surface area contributed by atoms with Gasteiger partial charge in [-0.25, -0.2) is 0 Å². The third-order valence-corrected chi connectivity index (χ3v) is 3.01. The lowest BCUT2D eigenvalue weighted by Crippen LogP contribution is -2.40. The maximum absolute atomic E-state index is 5.32. The van der Waals surface area contributed by atoms with E-state index < -0.39 is 0 Å². The van der Waals surface area contributed by atoms with Gasteiger partial charge in [-0.15, -0.1) is 0 Å². The van der Waals surface area contributed by atoms with Crippen molar-refractivity contribution in [3.8, 4) is 0 Å². The summed E-state index contributed by atoms with van der Waals surface area (Å²) < 4.78 is 5.32. The van der Waals surface area contributed by atoms with Gasteiger partial charge in [0.25, 0.3) is 0 Å². The Bertz CT molecular complexity index is 138. The molecule has 0 aromatic heterocycles. The molecule has 1 N–H and O–H groups in total. The smallest absolute Gasteiger partial charge is 0.0465 e. The topological polar surface area (TPSA) is 21.3 Å². The molecule has 2 atom stereocenters. The van der Waals surface area contributed by atoms with E-state index in [4.69, 9.17) is 4.74 Å². The van der Waals surface area contributed by atoms with Crippen molar-refractivity contribution in [2.75, 3.05) is 13.2 Å². The maximum atomic E-state index is 5.32. The first-order valence-corrected chi connectivity index (χ1v) is 6.16. The number of piperidine rings is 1. The van der Waals surface area contributed by atoms with E-state index in [1.54, 1.807) is 0 Å². The monoisotopic (exact) mass is 199 g/mol. The number of unbranched alkanes of at least 4 members (excludes halogenated alkanes) is 1. The van der Waals surface area contributed by atoms with E-state index in [9.17, 15) is 0 Å². The second-order valence-electron chi connectivity index (χ2n) is 4.39. The molecule has 1 aliphatic heterocycles. The minimum Gasteiger partial charge on any atom is -0.382 e. The predicted molar refractivity (Wildman–Crippen MR) is 60.6 cm³/mol. The summed E-state index contributed by atoms with van der Waals surface area (Å²) in [7, 11) is 0. The van der Waals surface area contributed by atoms with Crippen molar-refractivity contribution in [1.29, 1.82) is 0 Å². The fourth-order valence-electron chi connectivity index (χ4n) is 2.21. The number of ether oxygens (including phenoxy) is 1. The quantitative estimate of drug-likeness (QED) is 0.664. The Morgan fingerprint density at radius 2 is 2.14 bits per heavy atom. The van der Waals surface area contributed by atoms with Crippen LogP contribution in [-0.4, -0.2) is 25.3 Å². The third kappa shape index (κ3) is 4.97. The zero-order valence-electron chi connectivity index (χ0n) is 9.72. The molecule has 0 aromatic carbocycles. The second kappa shape index (κ2) is 7.24. The fourth-order valence-corrected chi connectivity index (χ4v) is 2.21. The summed E-state index contributed by atoms with van der Waals surface area (Å²) in [5, 5.41) is 3.67. The lowest BCUT2D eigenvalue weighted by molar-refractivity contribution is 0.141. The number of nitrogens with one attached hydrogen (secondary N) is 1. The van der Waals surface area contributed by atoms with Crippen molar-refractivity contribution in [2.24, 2.45) is 0 Å². The van der Waals surface area contributed by atoms with Crippen LogP contribution in [0, 0.1) is 0 Å². The zero-order chi connectivity index (χ0) is 10.2. The van der Waals surface area contributed by atoms with Gasteiger partial charge in [-0.3, -0.25) is 0 Å². The van der Waals surface area contributed by atoms with Gasteiger partial charge >= 0.3 is 0 Å². The molecule has 0 radical (unpaired) electrons. The molecular weight excluding hydrogens is 174 g/mol. The van der Waals surface area contributed by atoms with Crippen LogP contribution in [0.25, 0.3) is 0 Å². The van der Waals surface area contributed by atoms with E-state index in [0.717, 1.165) is 25.3 Å². The van der Waals surface area contributed by atoms with Crippen molar-refractivity contribution >= 4 is 0 Å². The summed E-state index contributed by atoms with van der Waals surface area (Å²) in [4.78, 5) is 0. The van der Waals surface area contributed by atoms with E-state index in [1.807, 2.05) is 0 Å². The molecule has 0 spiro atoms. The molecule has 1 aliphatic rings. The van der Waals surface area contributed by atoms with Crippen LogP contribution < -0.4 is 5.32 Å². The van der Waals surface area contributed by atoms with E-state index in [-0.39, 0.29) is 0 Å². The normalized spacial score (nSPS) is 27.9. The van der Waals surface area contributed by atoms with Gasteiger partial charge in [0.2, 0.25) is 0 Å². The minimum absolute atomic E-state index is 0.737. The zero-order valence-corrected chi connectivity index (χ0v) is 9.72. The summed E-state index contributed by atoms with van der Waals surface area (Å²) in [5.41, 5.74) is 0. The van der Waals surface area contributed by atoms with Crippen LogP contribution in [0.1, 0.15) is 52.4 Å². The van der Waals surface area contributed by atoms with Crippen molar-refractivity contribution in [1.82, 2.24) is 5.32 Å². The molecule has 0 saturated carbocycles. The van der Waals surface area contributed by atoms with Crippen LogP contribution in [0.2, 0.25) is 0 Å². The van der Waals surface area contributed by atoms with Gasteiger partial charge in [-0.2, -0.15) is 0 Å². The number of rotatable bonds is 6. The fraction of sp³-hybridized carbons (Fsp3) is 1.00. The highest BCUT2D eigenvalue weighted by Gasteiger charge is 2.16. The Balaban J connectivity index is 1.95. The molecule has 14 heavy (non-hydrogen) atoms. The largest absolute Gasteiger partial charge is 0.382 e. The standard InChI is InChI=1S/C12H25NO/c1-3-14-10-5-4-8-12-9-6-7-11(2)13-12/h11-13H,3-10H2,1-2H3/t11-,12+/m1/s1. The molecular formula is C12H25NO. The van der Waals surface area contributed by atoms with E-state index in [2.05, 4.69) is 19.2 Å². The van der Waals surface area contributed by atoms with Gasteiger partial charge in [0, 0.05) is 25.3 Å². The Labute approximate surface area is 88.4 Å². The van der Waals surface area contributed by atoms with Crippen LogP contribution in [0.4, 0.5) is 0 Å². The molecule has 1 fully saturated rings. The average Bonchev–Trinajstić information content (AvgIpc) is 2.18. The first-order valence-electron chi connectivity index (χ1n) is 6.16. The molecule has 1 saturated heterocycles. The highest BCUT2D eigenvalue weighted by atomic mass is 16.5. The van der Waals surface area contributed by atoms with Crippen LogP contribution in [0.5, 0.6) is 0 Å². The van der Waals surface area contributed by atoms with Crippen molar-refractivity contribution in [3.05, 3.63) is 0 Å². The van der Waals surface area contributed by atoms with E-state index in [0.29, 0.717) is 0 Å². The molecule has 0 unspecified atom stereocenters. The molecule has 0 amide bonds. The van der Waals surface area contributed by atoms with Gasteiger partial charge in [0.05, 0.1) is 0 Å². The van der Waals surface area contributed by atoms with Crippen molar-refractivity contribution in [2.45, 2.75) is 64.5 Å². The van der Waals surface area contributed by atoms with Gasteiger partial charge in [0.15, 0.2) is 0 Å². The van der Waals surface area contributed by atoms with Crippen LogP contribution in [0.15, 0.2) is 0 Å². The van der Waals surface area contributed by atoms with Crippen LogP contribution in [-0.2, 0) is 4.74 Å². The Morgan fingerprint density at radius 3 is 2.86 bits per heavy atom. The number of hydrogen-bond acceptors (Lipinski definition) is 2. The molecule has 0 aliphatic carbocycles. The summed E-state index contributed by atoms with van der Waals surface area (Å²) in [6, 6.07) is 1.51. The average molecular weight is 199 g/mol. The van der Waals surface area contributed by atoms with Crippen LogP contribution >= 0.6 is 0 Å². The van der Waals surface area contributed by atoms with E-state index in [1.165, 1.54) is 38.5 Å². The molecule has 84 valence electrons. The summed E-state index contributed by atoms with van der Waals surface area (Å²) in [6.07, 6.45) is 8.00. The second-order valence-corrected chi connectivity index (χ2v) is 4.39. The van der Waals surface area contributed by atoms with Gasteiger partial charge < -0.3 is 10.1 Å². The molecule has 1 rings (SSSR count). The number of hydrogen-bond donors (Lipinski definition) is 1. The molecule has 0 bridgehead atoms. The van der Waals surface area contributed by atoms with Crippen LogP contribution in [0.3, 0.4) is 0 Å². The minimum atomic E-state index is 0.737. The first-order chi connectivity index (χ1) is 6.83. The Morgan fingerprint density at radius 1 is 1.29 bits per heavy atom.